The maximum Gasteiger partial charge on any atom is 0.341 e. The van der Waals surface area contributed by atoms with Crippen molar-refractivity contribution in [3.8, 4) is 0 Å². The predicted molar refractivity (Wildman–Crippen MR) is 120 cm³/mol. The van der Waals surface area contributed by atoms with E-state index in [-0.39, 0.29) is 25.2 Å². The van der Waals surface area contributed by atoms with E-state index in [0.29, 0.717) is 5.56 Å². The molecule has 1 N–H and O–H groups in total. The summed E-state index contributed by atoms with van der Waals surface area (Å²) < 4.78 is 10.6. The number of hydrogen-bond donors (Lipinski definition) is 1. The summed E-state index contributed by atoms with van der Waals surface area (Å²) in [5.41, 5.74) is -0.712. The Kier molecular flexibility index (Phi) is 8.07. The van der Waals surface area contributed by atoms with Gasteiger partial charge in [-0.1, -0.05) is 91.0 Å². The first-order valence-electron chi connectivity index (χ1n) is 10.3. The summed E-state index contributed by atoms with van der Waals surface area (Å²) in [6.45, 7) is -0.182. The van der Waals surface area contributed by atoms with Crippen LogP contribution in [0.1, 0.15) is 27.9 Å². The van der Waals surface area contributed by atoms with E-state index in [2.05, 4.69) is 5.32 Å². The normalized spacial score (nSPS) is 12.1. The second kappa shape index (κ2) is 11.4. The van der Waals surface area contributed by atoms with Crippen LogP contribution in [0.3, 0.4) is 0 Å². The fourth-order valence-electron chi connectivity index (χ4n) is 3.21. The molecule has 3 rings (SSSR count). The van der Waals surface area contributed by atoms with Crippen LogP contribution in [-0.2, 0) is 37.1 Å². The minimum Gasteiger partial charge on any atom is -0.461 e. The first kappa shape index (κ1) is 23.4. The molecule has 0 unspecified atom stereocenters. The number of ketones is 1. The molecule has 168 valence electrons. The number of esters is 2. The molecule has 0 bridgehead atoms. The molecule has 0 saturated carbocycles. The number of nitrogens with one attached hydrogen (secondary N) is 1. The second-order valence-corrected chi connectivity index (χ2v) is 7.25. The monoisotopic (exact) mass is 445 g/mol. The summed E-state index contributed by atoms with van der Waals surface area (Å²) in [4.78, 5) is 50.7. The highest BCUT2D eigenvalue weighted by atomic mass is 16.5. The van der Waals surface area contributed by atoms with Gasteiger partial charge < -0.3 is 14.8 Å². The van der Waals surface area contributed by atoms with Gasteiger partial charge >= 0.3 is 11.9 Å². The molecule has 0 aliphatic heterocycles. The maximum atomic E-state index is 13.4. The molecule has 0 aliphatic carbocycles. The van der Waals surface area contributed by atoms with E-state index < -0.39 is 29.7 Å². The van der Waals surface area contributed by atoms with Gasteiger partial charge in [0.1, 0.15) is 13.2 Å². The number of ether oxygens (including phenoxy) is 2. The molecular formula is C26H23NO6. The van der Waals surface area contributed by atoms with E-state index in [1.54, 1.807) is 66.7 Å². The third-order valence-corrected chi connectivity index (χ3v) is 4.94. The lowest BCUT2D eigenvalue weighted by Crippen LogP contribution is -2.59. The van der Waals surface area contributed by atoms with Gasteiger partial charge in [-0.2, -0.15) is 0 Å². The first-order valence-corrected chi connectivity index (χ1v) is 10.3. The van der Waals surface area contributed by atoms with Crippen molar-refractivity contribution in [3.63, 3.8) is 0 Å². The molecule has 0 fully saturated rings. The predicted octanol–water partition coefficient (Wildman–Crippen LogP) is 3.23. The van der Waals surface area contributed by atoms with Crippen LogP contribution < -0.4 is 5.32 Å². The van der Waals surface area contributed by atoms with Crippen LogP contribution in [0.25, 0.3) is 0 Å². The van der Waals surface area contributed by atoms with Crippen LogP contribution in [0.5, 0.6) is 0 Å². The van der Waals surface area contributed by atoms with E-state index >= 15 is 0 Å². The molecule has 7 heteroatoms. The molecule has 0 aliphatic rings. The van der Waals surface area contributed by atoms with Crippen LogP contribution in [0.2, 0.25) is 0 Å². The highest BCUT2D eigenvalue weighted by molar-refractivity contribution is 6.19. The number of benzene rings is 3. The van der Waals surface area contributed by atoms with Crippen molar-refractivity contribution < 1.29 is 28.7 Å². The summed E-state index contributed by atoms with van der Waals surface area (Å²) >= 11 is 0. The van der Waals surface area contributed by atoms with E-state index in [9.17, 15) is 19.2 Å². The molecule has 33 heavy (non-hydrogen) atoms. The number of rotatable bonds is 11. The zero-order valence-electron chi connectivity index (χ0n) is 17.8. The number of carbonyl (C=O) groups excluding carboxylic acids is 4. The molecule has 3 aromatic carbocycles. The number of carbonyl (C=O) groups is 4. The average Bonchev–Trinajstić information content (AvgIpc) is 2.87. The number of hydrogen-bond acceptors (Lipinski definition) is 6. The fourth-order valence-corrected chi connectivity index (χ4v) is 3.21. The van der Waals surface area contributed by atoms with Crippen LogP contribution >= 0.6 is 0 Å². The lowest BCUT2D eigenvalue weighted by atomic mass is 9.86. The molecule has 7 nitrogen and oxygen atoms in total. The number of amides is 1. The molecule has 3 aromatic rings. The van der Waals surface area contributed by atoms with Gasteiger partial charge in [-0.25, -0.2) is 4.79 Å². The molecule has 0 heterocycles. The zero-order valence-corrected chi connectivity index (χ0v) is 17.8. The van der Waals surface area contributed by atoms with E-state index in [4.69, 9.17) is 9.47 Å². The Morgan fingerprint density at radius 1 is 0.727 bits per heavy atom. The van der Waals surface area contributed by atoms with Gasteiger partial charge in [0, 0.05) is 5.56 Å². The largest absolute Gasteiger partial charge is 0.461 e. The average molecular weight is 445 g/mol. The molecule has 1 amide bonds. The Balaban J connectivity index is 1.85. The fraction of sp³-hybridized carbons (Fsp3) is 0.154. The van der Waals surface area contributed by atoms with Gasteiger partial charge in [-0.05, 0) is 11.1 Å². The quantitative estimate of drug-likeness (QED) is 0.211. The van der Waals surface area contributed by atoms with Crippen molar-refractivity contribution in [2.45, 2.75) is 25.2 Å². The SMILES string of the molecule is O=CN[C@@](CC(=O)OCc1ccccc1)(C(=O)OCc1ccccc1)C(=O)c1ccccc1. The van der Waals surface area contributed by atoms with Gasteiger partial charge in [-0.3, -0.25) is 14.4 Å². The maximum absolute atomic E-state index is 13.4. The topological polar surface area (TPSA) is 98.8 Å². The zero-order chi connectivity index (χ0) is 23.5. The molecular weight excluding hydrogens is 422 g/mol. The lowest BCUT2D eigenvalue weighted by molar-refractivity contribution is -0.158. The molecule has 1 atom stereocenters. The van der Waals surface area contributed by atoms with E-state index in [1.807, 2.05) is 12.1 Å². The van der Waals surface area contributed by atoms with Gasteiger partial charge in [0.2, 0.25) is 11.9 Å². The molecule has 0 saturated heterocycles. The smallest absolute Gasteiger partial charge is 0.341 e. The third kappa shape index (κ3) is 6.13. The Morgan fingerprint density at radius 2 is 1.21 bits per heavy atom. The summed E-state index contributed by atoms with van der Waals surface area (Å²) in [7, 11) is 0. The second-order valence-electron chi connectivity index (χ2n) is 7.25. The van der Waals surface area contributed by atoms with Crippen molar-refractivity contribution >= 4 is 24.1 Å². The molecule has 0 radical (unpaired) electrons. The lowest BCUT2D eigenvalue weighted by Gasteiger charge is -2.28. The summed E-state index contributed by atoms with van der Waals surface area (Å²) in [6.07, 6.45) is -0.519. The van der Waals surface area contributed by atoms with Crippen molar-refractivity contribution in [1.82, 2.24) is 5.32 Å². The van der Waals surface area contributed by atoms with Crippen molar-refractivity contribution in [1.29, 1.82) is 0 Å². The van der Waals surface area contributed by atoms with Crippen LogP contribution in [-0.4, -0.2) is 29.7 Å². The van der Waals surface area contributed by atoms with Crippen molar-refractivity contribution in [2.24, 2.45) is 0 Å². The Morgan fingerprint density at radius 3 is 1.73 bits per heavy atom. The molecule has 0 aromatic heterocycles. The van der Waals surface area contributed by atoms with Crippen LogP contribution in [0.4, 0.5) is 0 Å². The highest BCUT2D eigenvalue weighted by Crippen LogP contribution is 2.22. The summed E-state index contributed by atoms with van der Waals surface area (Å²) in [6, 6.07) is 25.7. The minimum atomic E-state index is -2.27. The van der Waals surface area contributed by atoms with E-state index in [0.717, 1.165) is 5.56 Å². The third-order valence-electron chi connectivity index (χ3n) is 4.94. The summed E-state index contributed by atoms with van der Waals surface area (Å²) in [5.74, 6) is -2.66. The van der Waals surface area contributed by atoms with Gasteiger partial charge in [0.15, 0.2) is 5.78 Å². The Labute approximate surface area is 191 Å². The van der Waals surface area contributed by atoms with Crippen molar-refractivity contribution in [3.05, 3.63) is 108 Å². The minimum absolute atomic E-state index is 0.0462. The summed E-state index contributed by atoms with van der Waals surface area (Å²) in [5, 5.41) is 2.25. The first-order chi connectivity index (χ1) is 16.0. The Bertz CT molecular complexity index is 1090. The standard InChI is InChI=1S/C26H23NO6/c28-19-27-26(24(30)22-14-8-3-9-15-22,25(31)33-18-21-12-6-2-7-13-21)16-23(29)32-17-20-10-4-1-5-11-20/h1-15,19H,16-18H2,(H,27,28)/t26-/m1/s1. The van der Waals surface area contributed by atoms with Gasteiger partial charge in [-0.15, -0.1) is 0 Å². The van der Waals surface area contributed by atoms with Crippen LogP contribution in [0, 0.1) is 0 Å². The van der Waals surface area contributed by atoms with Crippen molar-refractivity contribution in [2.75, 3.05) is 0 Å². The number of Topliss-reactive ketones (excluding diaryl/α,β-unsaturated/α-hetero) is 1. The van der Waals surface area contributed by atoms with Gasteiger partial charge in [0.25, 0.3) is 0 Å². The van der Waals surface area contributed by atoms with Crippen LogP contribution in [0.15, 0.2) is 91.0 Å². The van der Waals surface area contributed by atoms with E-state index in [1.165, 1.54) is 12.1 Å². The Hall–Kier alpha value is -4.26. The highest BCUT2D eigenvalue weighted by Gasteiger charge is 2.50. The molecule has 0 spiro atoms. The van der Waals surface area contributed by atoms with Gasteiger partial charge in [0.05, 0.1) is 6.42 Å².